The number of nitrogens with two attached hydrogens (primary N) is 1. The maximum absolute atomic E-state index is 15.0. The minimum absolute atomic E-state index is 0.0169. The summed E-state index contributed by atoms with van der Waals surface area (Å²) in [5.74, 6) is -1.64. The van der Waals surface area contributed by atoms with Crippen LogP contribution in [0.1, 0.15) is 13.8 Å². The highest BCUT2D eigenvalue weighted by molar-refractivity contribution is 7.46. The number of rotatable bonds is 10. The van der Waals surface area contributed by atoms with Crippen molar-refractivity contribution < 1.29 is 47.0 Å². The quantitative estimate of drug-likeness (QED) is 0.213. The SMILES string of the molecule is COc1cc(Nc2nc(N)c(F)c(Nc3ccc4c(n3)N(COP(=O)(O)O)C(=O)C(C)(C)O4)n2)cc(OC)c1OC. The van der Waals surface area contributed by atoms with Gasteiger partial charge in [-0.15, -0.1) is 0 Å². The molecule has 0 saturated heterocycles. The number of carbonyl (C=O) groups is 1. The summed E-state index contributed by atoms with van der Waals surface area (Å²) in [4.78, 5) is 44.4. The number of phosphoric ester groups is 1. The molecule has 1 aromatic carbocycles. The summed E-state index contributed by atoms with van der Waals surface area (Å²) in [6, 6.07) is 6.00. The van der Waals surface area contributed by atoms with Crippen molar-refractivity contribution in [2.75, 3.05) is 49.3 Å². The van der Waals surface area contributed by atoms with E-state index in [0.717, 1.165) is 4.90 Å². The first-order chi connectivity index (χ1) is 19.3. The van der Waals surface area contributed by atoms with E-state index in [1.165, 1.54) is 47.3 Å². The number of halogens is 1. The summed E-state index contributed by atoms with van der Waals surface area (Å²) in [5, 5.41) is 5.56. The molecule has 0 unspecified atom stereocenters. The lowest BCUT2D eigenvalue weighted by atomic mass is 10.1. The summed E-state index contributed by atoms with van der Waals surface area (Å²) in [7, 11) is -0.585. The number of anilines is 6. The van der Waals surface area contributed by atoms with E-state index in [0.29, 0.717) is 22.9 Å². The molecular formula is C23H27FN7O9P. The Balaban J connectivity index is 1.66. The Morgan fingerprint density at radius 2 is 1.73 bits per heavy atom. The number of nitrogen functional groups attached to an aromatic ring is 1. The molecule has 0 bridgehead atoms. The van der Waals surface area contributed by atoms with Crippen molar-refractivity contribution in [1.29, 1.82) is 0 Å². The Hall–Kier alpha value is -4.44. The molecule has 2 aromatic heterocycles. The highest BCUT2D eigenvalue weighted by Gasteiger charge is 2.42. The zero-order valence-electron chi connectivity index (χ0n) is 22.5. The van der Waals surface area contributed by atoms with Gasteiger partial charge in [-0.05, 0) is 26.0 Å². The van der Waals surface area contributed by atoms with Gasteiger partial charge in [-0.3, -0.25) is 14.2 Å². The predicted molar refractivity (Wildman–Crippen MR) is 143 cm³/mol. The van der Waals surface area contributed by atoms with E-state index in [1.54, 1.807) is 12.1 Å². The fourth-order valence-electron chi connectivity index (χ4n) is 3.78. The number of aromatic nitrogens is 3. The van der Waals surface area contributed by atoms with E-state index in [4.69, 9.17) is 34.5 Å². The minimum atomic E-state index is -4.93. The number of hydrogen-bond acceptors (Lipinski definition) is 13. The van der Waals surface area contributed by atoms with Crippen LogP contribution in [0, 0.1) is 5.82 Å². The third kappa shape index (κ3) is 6.33. The monoisotopic (exact) mass is 595 g/mol. The van der Waals surface area contributed by atoms with Gasteiger partial charge in [0.25, 0.3) is 5.91 Å². The number of carbonyl (C=O) groups excluding carboxylic acids is 1. The summed E-state index contributed by atoms with van der Waals surface area (Å²) >= 11 is 0. The third-order valence-corrected chi connectivity index (χ3v) is 6.07. The molecule has 0 saturated carbocycles. The Morgan fingerprint density at radius 1 is 1.07 bits per heavy atom. The maximum atomic E-state index is 15.0. The molecule has 0 atom stereocenters. The first-order valence-electron chi connectivity index (χ1n) is 11.7. The van der Waals surface area contributed by atoms with Crippen LogP contribution >= 0.6 is 7.82 Å². The summed E-state index contributed by atoms with van der Waals surface area (Å²) in [6.07, 6.45) is 0. The van der Waals surface area contributed by atoms with Crippen molar-refractivity contribution in [3.8, 4) is 23.0 Å². The van der Waals surface area contributed by atoms with Crippen LogP contribution < -0.4 is 40.2 Å². The lowest BCUT2D eigenvalue weighted by Crippen LogP contribution is -2.53. The summed E-state index contributed by atoms with van der Waals surface area (Å²) < 4.78 is 52.4. The van der Waals surface area contributed by atoms with Gasteiger partial charge in [0.15, 0.2) is 40.3 Å². The van der Waals surface area contributed by atoms with Crippen molar-refractivity contribution in [3.63, 3.8) is 0 Å². The molecule has 6 N–H and O–H groups in total. The molecule has 18 heteroatoms. The average molecular weight is 595 g/mol. The van der Waals surface area contributed by atoms with Crippen molar-refractivity contribution in [2.45, 2.75) is 19.4 Å². The minimum Gasteiger partial charge on any atom is -0.493 e. The van der Waals surface area contributed by atoms with Gasteiger partial charge in [0.1, 0.15) is 12.5 Å². The van der Waals surface area contributed by atoms with E-state index in [1.807, 2.05) is 0 Å². The lowest BCUT2D eigenvalue weighted by molar-refractivity contribution is -0.133. The number of phosphoric acid groups is 1. The largest absolute Gasteiger partial charge is 0.493 e. The fourth-order valence-corrected chi connectivity index (χ4v) is 4.04. The van der Waals surface area contributed by atoms with Gasteiger partial charge in [0.05, 0.1) is 21.3 Å². The van der Waals surface area contributed by atoms with Crippen molar-refractivity contribution in [2.24, 2.45) is 0 Å². The number of amides is 1. The number of methoxy groups -OCH3 is 3. The van der Waals surface area contributed by atoms with Gasteiger partial charge in [-0.25, -0.2) is 9.55 Å². The maximum Gasteiger partial charge on any atom is 0.471 e. The highest BCUT2D eigenvalue weighted by Crippen LogP contribution is 2.42. The second-order valence-electron chi connectivity index (χ2n) is 8.87. The van der Waals surface area contributed by atoms with E-state index in [9.17, 15) is 13.8 Å². The van der Waals surface area contributed by atoms with Crippen LogP contribution in [-0.4, -0.2) is 64.3 Å². The Kier molecular flexibility index (Phi) is 8.08. The van der Waals surface area contributed by atoms with Crippen molar-refractivity contribution >= 4 is 48.6 Å². The van der Waals surface area contributed by atoms with Crippen molar-refractivity contribution in [1.82, 2.24) is 15.0 Å². The Labute approximate surface area is 232 Å². The summed E-state index contributed by atoms with van der Waals surface area (Å²) in [5.41, 5.74) is 4.81. The number of nitrogens with zero attached hydrogens (tertiary/aromatic N) is 4. The van der Waals surface area contributed by atoms with Crippen LogP contribution in [0.15, 0.2) is 24.3 Å². The molecular weight excluding hydrogens is 568 g/mol. The van der Waals surface area contributed by atoms with Crippen LogP contribution in [-0.2, 0) is 13.9 Å². The topological polar surface area (TPSA) is 213 Å². The zero-order valence-corrected chi connectivity index (χ0v) is 23.4. The zero-order chi connectivity index (χ0) is 30.1. The highest BCUT2D eigenvalue weighted by atomic mass is 31.2. The Bertz CT molecular complexity index is 1510. The molecule has 41 heavy (non-hydrogen) atoms. The predicted octanol–water partition coefficient (Wildman–Crippen LogP) is 2.68. The van der Waals surface area contributed by atoms with Crippen LogP contribution in [0.25, 0.3) is 0 Å². The molecule has 220 valence electrons. The molecule has 0 aliphatic carbocycles. The van der Waals surface area contributed by atoms with Crippen molar-refractivity contribution in [3.05, 3.63) is 30.1 Å². The summed E-state index contributed by atoms with van der Waals surface area (Å²) in [6.45, 7) is 2.12. The van der Waals surface area contributed by atoms with E-state index < -0.39 is 37.7 Å². The van der Waals surface area contributed by atoms with Crippen LogP contribution in [0.2, 0.25) is 0 Å². The number of ether oxygens (including phenoxy) is 4. The third-order valence-electron chi connectivity index (χ3n) is 5.62. The average Bonchev–Trinajstić information content (AvgIpc) is 2.90. The number of pyridine rings is 1. The number of benzene rings is 1. The van der Waals surface area contributed by atoms with Gasteiger partial charge in [0, 0.05) is 17.8 Å². The Morgan fingerprint density at radius 3 is 2.32 bits per heavy atom. The van der Waals surface area contributed by atoms with Gasteiger partial charge in [-0.2, -0.15) is 14.4 Å². The fraction of sp³-hybridized carbons (Fsp3) is 0.304. The standard InChI is InChI=1S/C23H27FN7O9P/c1-23(2)21(32)31(10-39-41(33,34)35)20-12(40-23)6-7-15(28-20)27-19-16(24)18(25)29-22(30-19)26-11-8-13(36-3)17(38-5)14(9-11)37-4/h6-9H,10H2,1-5H3,(H2,33,34,35)(H4,25,26,27,28,29,30). The molecule has 0 spiro atoms. The lowest BCUT2D eigenvalue weighted by Gasteiger charge is -2.37. The van der Waals surface area contributed by atoms with E-state index in [2.05, 4.69) is 30.1 Å². The first kappa shape index (κ1) is 29.5. The smallest absolute Gasteiger partial charge is 0.471 e. The normalized spacial score (nSPS) is 14.1. The van der Waals surface area contributed by atoms with Crippen LogP contribution in [0.3, 0.4) is 0 Å². The number of fused-ring (bicyclic) bond motifs is 1. The molecule has 3 aromatic rings. The van der Waals surface area contributed by atoms with Crippen LogP contribution in [0.4, 0.5) is 39.3 Å². The van der Waals surface area contributed by atoms with Gasteiger partial charge in [-0.1, -0.05) is 0 Å². The number of hydrogen-bond donors (Lipinski definition) is 5. The second-order valence-corrected chi connectivity index (χ2v) is 10.1. The molecule has 1 aliphatic rings. The molecule has 0 fully saturated rings. The molecule has 1 amide bonds. The van der Waals surface area contributed by atoms with Gasteiger partial charge >= 0.3 is 7.82 Å². The second kappa shape index (κ2) is 11.2. The van der Waals surface area contributed by atoms with Gasteiger partial charge < -0.3 is 45.1 Å². The van der Waals surface area contributed by atoms with Gasteiger partial charge in [0.2, 0.25) is 17.5 Å². The molecule has 1 aliphatic heterocycles. The van der Waals surface area contributed by atoms with E-state index >= 15 is 0 Å². The van der Waals surface area contributed by atoms with Crippen LogP contribution in [0.5, 0.6) is 23.0 Å². The molecule has 4 rings (SSSR count). The molecule has 3 heterocycles. The molecule has 16 nitrogen and oxygen atoms in total. The molecule has 0 radical (unpaired) electrons. The van der Waals surface area contributed by atoms with E-state index in [-0.39, 0.29) is 29.2 Å². The first-order valence-corrected chi connectivity index (χ1v) is 13.2. The number of nitrogens with one attached hydrogen (secondary N) is 2.